The van der Waals surface area contributed by atoms with E-state index < -0.39 is 0 Å². The molecule has 0 spiro atoms. The SMILES string of the molecule is CCCCCCCCCOC[n+]1ccc(CC)c(Br)c1. The number of hydrogen-bond acceptors (Lipinski definition) is 1. The number of hydrogen-bond donors (Lipinski definition) is 0. The lowest BCUT2D eigenvalue weighted by Gasteiger charge is -2.03. The van der Waals surface area contributed by atoms with Crippen molar-refractivity contribution in [3.05, 3.63) is 28.5 Å². The van der Waals surface area contributed by atoms with Gasteiger partial charge in [0.1, 0.15) is 0 Å². The van der Waals surface area contributed by atoms with Crippen LogP contribution in [0.1, 0.15) is 64.4 Å². The Kier molecular flexibility index (Phi) is 9.94. The second-order valence-corrected chi connectivity index (χ2v) is 6.20. The molecule has 1 heterocycles. The third kappa shape index (κ3) is 7.39. The molecule has 114 valence electrons. The summed E-state index contributed by atoms with van der Waals surface area (Å²) in [5, 5.41) is 0. The van der Waals surface area contributed by atoms with Crippen LogP contribution in [0.5, 0.6) is 0 Å². The first-order chi connectivity index (χ1) is 9.77. The molecule has 0 aromatic carbocycles. The Bertz CT molecular complexity index is 368. The van der Waals surface area contributed by atoms with Gasteiger partial charge in [0.2, 0.25) is 0 Å². The minimum Gasteiger partial charge on any atom is -0.323 e. The van der Waals surface area contributed by atoms with Crippen molar-refractivity contribution in [2.75, 3.05) is 6.61 Å². The normalized spacial score (nSPS) is 10.9. The van der Waals surface area contributed by atoms with Gasteiger partial charge in [0, 0.05) is 6.07 Å². The van der Waals surface area contributed by atoms with Crippen molar-refractivity contribution in [2.24, 2.45) is 0 Å². The van der Waals surface area contributed by atoms with Gasteiger partial charge in [-0.05, 0) is 34.3 Å². The minimum atomic E-state index is 0.651. The maximum atomic E-state index is 5.72. The quantitative estimate of drug-likeness (QED) is 0.406. The summed E-state index contributed by atoms with van der Waals surface area (Å²) < 4.78 is 8.97. The van der Waals surface area contributed by atoms with E-state index in [1.54, 1.807) is 0 Å². The van der Waals surface area contributed by atoms with Gasteiger partial charge in [0.15, 0.2) is 12.4 Å². The van der Waals surface area contributed by atoms with Crippen LogP contribution in [0.15, 0.2) is 22.9 Å². The fraction of sp³-hybridized carbons (Fsp3) is 0.706. The molecule has 3 heteroatoms. The first-order valence-corrected chi connectivity index (χ1v) is 8.82. The third-order valence-corrected chi connectivity index (χ3v) is 4.28. The molecule has 0 unspecified atom stereocenters. The summed E-state index contributed by atoms with van der Waals surface area (Å²) in [5.74, 6) is 0. The highest BCUT2D eigenvalue weighted by Crippen LogP contribution is 2.13. The molecule has 2 nitrogen and oxygen atoms in total. The molecule has 0 atom stereocenters. The molecule has 0 aliphatic carbocycles. The number of aryl methyl sites for hydroxylation is 1. The maximum absolute atomic E-state index is 5.72. The Morgan fingerprint density at radius 3 is 2.40 bits per heavy atom. The second-order valence-electron chi connectivity index (χ2n) is 5.34. The van der Waals surface area contributed by atoms with Crippen LogP contribution in [-0.4, -0.2) is 6.61 Å². The van der Waals surface area contributed by atoms with Gasteiger partial charge in [0.25, 0.3) is 6.73 Å². The molecule has 1 aromatic heterocycles. The van der Waals surface area contributed by atoms with Crippen LogP contribution >= 0.6 is 15.9 Å². The van der Waals surface area contributed by atoms with E-state index in [1.807, 2.05) is 0 Å². The van der Waals surface area contributed by atoms with Crippen LogP contribution in [0.2, 0.25) is 0 Å². The first kappa shape index (κ1) is 17.6. The van der Waals surface area contributed by atoms with Crippen LogP contribution in [0.3, 0.4) is 0 Å². The predicted octanol–water partition coefficient (Wildman–Crippen LogP) is 5.02. The molecule has 0 saturated carbocycles. The molecule has 0 radical (unpaired) electrons. The predicted molar refractivity (Wildman–Crippen MR) is 87.7 cm³/mol. The highest BCUT2D eigenvalue weighted by Gasteiger charge is 2.05. The number of halogens is 1. The Balaban J connectivity index is 2.05. The molecule has 0 amide bonds. The lowest BCUT2D eigenvalue weighted by atomic mass is 10.1. The minimum absolute atomic E-state index is 0.651. The molecular weight excluding hydrogens is 314 g/mol. The molecule has 0 aliphatic rings. The molecule has 20 heavy (non-hydrogen) atoms. The summed E-state index contributed by atoms with van der Waals surface area (Å²) in [6.07, 6.45) is 14.6. The summed E-state index contributed by atoms with van der Waals surface area (Å²) in [7, 11) is 0. The topological polar surface area (TPSA) is 13.1 Å². The fourth-order valence-corrected chi connectivity index (χ4v) is 2.91. The maximum Gasteiger partial charge on any atom is 0.252 e. The number of rotatable bonds is 11. The number of unbranched alkanes of at least 4 members (excludes halogenated alkanes) is 6. The first-order valence-electron chi connectivity index (χ1n) is 8.03. The molecule has 0 aliphatic heterocycles. The molecule has 1 aromatic rings. The van der Waals surface area contributed by atoms with Crippen molar-refractivity contribution >= 4 is 15.9 Å². The van der Waals surface area contributed by atoms with Crippen LogP contribution in [0.4, 0.5) is 0 Å². The standard InChI is InChI=1S/C17H29BrNO/c1-3-5-6-7-8-9-10-13-20-15-19-12-11-16(4-2)17(18)14-19/h11-12,14H,3-10,13,15H2,1-2H3/q+1. The Morgan fingerprint density at radius 2 is 1.75 bits per heavy atom. The number of nitrogens with zero attached hydrogens (tertiary/aromatic N) is 1. The molecule has 1 rings (SSSR count). The summed E-state index contributed by atoms with van der Waals surface area (Å²) in [4.78, 5) is 0. The van der Waals surface area contributed by atoms with Crippen molar-refractivity contribution in [2.45, 2.75) is 71.9 Å². The lowest BCUT2D eigenvalue weighted by molar-refractivity contribution is -0.733. The molecule has 0 bridgehead atoms. The van der Waals surface area contributed by atoms with Crippen molar-refractivity contribution in [1.29, 1.82) is 0 Å². The summed E-state index contributed by atoms with van der Waals surface area (Å²) in [5.41, 5.74) is 1.34. The number of ether oxygens (including phenoxy) is 1. The monoisotopic (exact) mass is 342 g/mol. The van der Waals surface area contributed by atoms with E-state index in [9.17, 15) is 0 Å². The van der Waals surface area contributed by atoms with Gasteiger partial charge < -0.3 is 4.74 Å². The van der Waals surface area contributed by atoms with E-state index in [0.717, 1.165) is 13.0 Å². The summed E-state index contributed by atoms with van der Waals surface area (Å²) in [6.45, 7) is 5.95. The van der Waals surface area contributed by atoms with Crippen LogP contribution in [-0.2, 0) is 17.9 Å². The van der Waals surface area contributed by atoms with Crippen LogP contribution in [0.25, 0.3) is 0 Å². The Labute approximate surface area is 132 Å². The van der Waals surface area contributed by atoms with Crippen molar-refractivity contribution in [3.63, 3.8) is 0 Å². The van der Waals surface area contributed by atoms with Gasteiger partial charge in [-0.2, -0.15) is 4.57 Å². The van der Waals surface area contributed by atoms with Gasteiger partial charge in [-0.1, -0.05) is 52.4 Å². The Hall–Kier alpha value is -0.410. The average Bonchev–Trinajstić information content (AvgIpc) is 2.46. The number of aromatic nitrogens is 1. The summed E-state index contributed by atoms with van der Waals surface area (Å²) >= 11 is 3.59. The zero-order chi connectivity index (χ0) is 14.6. The molecular formula is C17H29BrNO+. The van der Waals surface area contributed by atoms with Gasteiger partial charge in [-0.3, -0.25) is 0 Å². The molecule has 0 N–H and O–H groups in total. The van der Waals surface area contributed by atoms with E-state index in [1.165, 1.54) is 55.0 Å². The van der Waals surface area contributed by atoms with E-state index in [4.69, 9.17) is 4.74 Å². The van der Waals surface area contributed by atoms with Crippen molar-refractivity contribution < 1.29 is 9.30 Å². The van der Waals surface area contributed by atoms with Crippen LogP contribution in [0, 0.1) is 0 Å². The highest BCUT2D eigenvalue weighted by molar-refractivity contribution is 9.10. The number of pyridine rings is 1. The fourth-order valence-electron chi connectivity index (χ4n) is 2.24. The highest BCUT2D eigenvalue weighted by atomic mass is 79.9. The Morgan fingerprint density at radius 1 is 1.05 bits per heavy atom. The largest absolute Gasteiger partial charge is 0.323 e. The summed E-state index contributed by atoms with van der Waals surface area (Å²) in [6, 6.07) is 2.15. The van der Waals surface area contributed by atoms with Crippen molar-refractivity contribution in [3.8, 4) is 0 Å². The average molecular weight is 343 g/mol. The van der Waals surface area contributed by atoms with Gasteiger partial charge >= 0.3 is 0 Å². The van der Waals surface area contributed by atoms with E-state index in [0.29, 0.717) is 6.73 Å². The lowest BCUT2D eigenvalue weighted by Crippen LogP contribution is -2.34. The zero-order valence-corrected chi connectivity index (χ0v) is 14.6. The van der Waals surface area contributed by atoms with Gasteiger partial charge in [-0.15, -0.1) is 0 Å². The van der Waals surface area contributed by atoms with Crippen molar-refractivity contribution in [1.82, 2.24) is 0 Å². The van der Waals surface area contributed by atoms with E-state index in [2.05, 4.69) is 52.8 Å². The van der Waals surface area contributed by atoms with E-state index >= 15 is 0 Å². The van der Waals surface area contributed by atoms with Gasteiger partial charge in [0.05, 0.1) is 11.1 Å². The molecule has 0 saturated heterocycles. The van der Waals surface area contributed by atoms with E-state index in [-0.39, 0.29) is 0 Å². The second kappa shape index (κ2) is 11.3. The van der Waals surface area contributed by atoms with Gasteiger partial charge in [-0.25, -0.2) is 0 Å². The third-order valence-electron chi connectivity index (χ3n) is 3.57. The zero-order valence-electron chi connectivity index (χ0n) is 13.0. The molecule has 0 fully saturated rings. The van der Waals surface area contributed by atoms with Crippen LogP contribution < -0.4 is 4.57 Å². The smallest absolute Gasteiger partial charge is 0.252 e.